The van der Waals surface area contributed by atoms with E-state index in [1.807, 2.05) is 18.2 Å². The van der Waals surface area contributed by atoms with Gasteiger partial charge in [-0.15, -0.1) is 24.0 Å². The number of halogens is 3. The smallest absolute Gasteiger partial charge is 0.387 e. The van der Waals surface area contributed by atoms with Gasteiger partial charge in [0.15, 0.2) is 17.5 Å². The molecule has 11 heteroatoms. The molecule has 0 fully saturated rings. The fraction of sp³-hybridized carbons (Fsp3) is 0.381. The third-order valence-electron chi connectivity index (χ3n) is 4.62. The van der Waals surface area contributed by atoms with Gasteiger partial charge in [-0.25, -0.2) is 0 Å². The molecule has 1 aliphatic heterocycles. The van der Waals surface area contributed by atoms with E-state index in [-0.39, 0.29) is 43.1 Å². The summed E-state index contributed by atoms with van der Waals surface area (Å²) in [6.45, 7) is -2.16. The first-order chi connectivity index (χ1) is 15.0. The Balaban J connectivity index is 0.00000363. The number of benzene rings is 2. The van der Waals surface area contributed by atoms with Gasteiger partial charge in [0.1, 0.15) is 17.2 Å². The number of nitrogens with zero attached hydrogens (tertiary/aromatic N) is 1. The summed E-state index contributed by atoms with van der Waals surface area (Å²) in [7, 11) is 4.85. The van der Waals surface area contributed by atoms with Crippen molar-refractivity contribution in [2.45, 2.75) is 19.6 Å². The van der Waals surface area contributed by atoms with Gasteiger partial charge in [-0.3, -0.25) is 4.99 Å². The third-order valence-corrected chi connectivity index (χ3v) is 4.62. The Kier molecular flexibility index (Phi) is 9.88. The number of alkyl halides is 2. The van der Waals surface area contributed by atoms with Crippen molar-refractivity contribution in [2.75, 3.05) is 34.6 Å². The Bertz CT molecular complexity index is 931. The van der Waals surface area contributed by atoms with Crippen LogP contribution in [0.3, 0.4) is 0 Å². The van der Waals surface area contributed by atoms with Crippen molar-refractivity contribution in [1.82, 2.24) is 10.6 Å². The molecule has 3 rings (SSSR count). The van der Waals surface area contributed by atoms with E-state index in [1.165, 1.54) is 6.07 Å². The van der Waals surface area contributed by atoms with Gasteiger partial charge in [0, 0.05) is 31.8 Å². The number of guanidine groups is 1. The zero-order valence-corrected chi connectivity index (χ0v) is 20.3. The highest BCUT2D eigenvalue weighted by atomic mass is 127. The van der Waals surface area contributed by atoms with Crippen LogP contribution >= 0.6 is 24.0 Å². The lowest BCUT2D eigenvalue weighted by Gasteiger charge is -2.16. The van der Waals surface area contributed by atoms with Gasteiger partial charge in [0.2, 0.25) is 6.79 Å². The number of aliphatic imine (C=N–C) groups is 1. The van der Waals surface area contributed by atoms with E-state index < -0.39 is 6.61 Å². The molecule has 0 saturated heterocycles. The fourth-order valence-electron chi connectivity index (χ4n) is 3.10. The molecular weight excluding hydrogens is 539 g/mol. The molecule has 1 heterocycles. The minimum Gasteiger partial charge on any atom is -0.497 e. The fourth-order valence-corrected chi connectivity index (χ4v) is 3.10. The molecule has 0 amide bonds. The lowest BCUT2D eigenvalue weighted by molar-refractivity contribution is -0.0505. The van der Waals surface area contributed by atoms with Gasteiger partial charge in [0.05, 0.1) is 14.2 Å². The summed E-state index contributed by atoms with van der Waals surface area (Å²) in [6.07, 6.45) is 0.658. The standard InChI is InChI=1S/C21H25F2N3O5.HI/c1-24-21(25-7-6-13-8-15(27-2)4-5-16(13)28-3)26-11-14-9-18-19(30-12-29-18)10-17(14)31-20(22)23;/h4-5,8-10,20H,6-7,11-12H2,1-3H3,(H2,24,25,26);1H. The van der Waals surface area contributed by atoms with Gasteiger partial charge >= 0.3 is 6.61 Å². The summed E-state index contributed by atoms with van der Waals surface area (Å²) in [5.74, 6) is 2.87. The highest BCUT2D eigenvalue weighted by Crippen LogP contribution is 2.38. The van der Waals surface area contributed by atoms with E-state index in [9.17, 15) is 8.78 Å². The predicted molar refractivity (Wildman–Crippen MR) is 126 cm³/mol. The lowest BCUT2D eigenvalue weighted by Crippen LogP contribution is -2.38. The minimum atomic E-state index is -2.95. The molecule has 2 aromatic rings. The molecule has 0 unspecified atom stereocenters. The largest absolute Gasteiger partial charge is 0.497 e. The average molecular weight is 565 g/mol. The lowest BCUT2D eigenvalue weighted by atomic mass is 10.1. The SMILES string of the molecule is CN=C(NCCc1cc(OC)ccc1OC)NCc1cc2c(cc1OC(F)F)OCO2.I. The normalized spacial score (nSPS) is 12.2. The maximum atomic E-state index is 12.8. The predicted octanol–water partition coefficient (Wildman–Crippen LogP) is 3.56. The molecule has 32 heavy (non-hydrogen) atoms. The Morgan fingerprint density at radius 2 is 1.78 bits per heavy atom. The molecule has 0 atom stereocenters. The second kappa shape index (κ2) is 12.4. The first kappa shape index (κ1) is 25.6. The van der Waals surface area contributed by atoms with Crippen LogP contribution in [0, 0.1) is 0 Å². The van der Waals surface area contributed by atoms with Crippen LogP contribution < -0.4 is 34.3 Å². The Labute approximate surface area is 202 Å². The van der Waals surface area contributed by atoms with Crippen LogP contribution in [-0.4, -0.2) is 47.2 Å². The van der Waals surface area contributed by atoms with Gasteiger partial charge in [0.25, 0.3) is 0 Å². The third kappa shape index (κ3) is 6.65. The molecule has 2 N–H and O–H groups in total. The highest BCUT2D eigenvalue weighted by Gasteiger charge is 2.20. The number of hydrogen-bond acceptors (Lipinski definition) is 6. The van der Waals surface area contributed by atoms with Gasteiger partial charge in [-0.2, -0.15) is 8.78 Å². The van der Waals surface area contributed by atoms with Crippen molar-refractivity contribution < 1.29 is 32.5 Å². The first-order valence-electron chi connectivity index (χ1n) is 9.56. The van der Waals surface area contributed by atoms with E-state index >= 15 is 0 Å². The van der Waals surface area contributed by atoms with Crippen molar-refractivity contribution >= 4 is 29.9 Å². The van der Waals surface area contributed by atoms with Crippen molar-refractivity contribution in [3.05, 3.63) is 41.5 Å². The van der Waals surface area contributed by atoms with Crippen LogP contribution in [0.1, 0.15) is 11.1 Å². The Hall–Kier alpha value is -2.70. The van der Waals surface area contributed by atoms with E-state index in [0.717, 1.165) is 17.1 Å². The Morgan fingerprint density at radius 3 is 2.44 bits per heavy atom. The first-order valence-corrected chi connectivity index (χ1v) is 9.56. The average Bonchev–Trinajstić information content (AvgIpc) is 3.22. The second-order valence-electron chi connectivity index (χ2n) is 6.47. The van der Waals surface area contributed by atoms with Crippen molar-refractivity contribution in [1.29, 1.82) is 0 Å². The zero-order chi connectivity index (χ0) is 22.2. The van der Waals surface area contributed by atoms with Crippen LogP contribution in [0.5, 0.6) is 28.7 Å². The highest BCUT2D eigenvalue weighted by molar-refractivity contribution is 14.0. The quantitative estimate of drug-likeness (QED) is 0.274. The van der Waals surface area contributed by atoms with E-state index in [2.05, 4.69) is 20.4 Å². The summed E-state index contributed by atoms with van der Waals surface area (Å²) in [5.41, 5.74) is 1.47. The van der Waals surface area contributed by atoms with Crippen LogP contribution in [0.2, 0.25) is 0 Å². The monoisotopic (exact) mass is 565 g/mol. The Morgan fingerprint density at radius 1 is 1.03 bits per heavy atom. The van der Waals surface area contributed by atoms with Crippen LogP contribution in [0.25, 0.3) is 0 Å². The zero-order valence-electron chi connectivity index (χ0n) is 17.9. The molecule has 2 aromatic carbocycles. The van der Waals surface area contributed by atoms with Crippen LogP contribution in [0.4, 0.5) is 8.78 Å². The minimum absolute atomic E-state index is 0. The summed E-state index contributed by atoms with van der Waals surface area (Å²) < 4.78 is 51.4. The van der Waals surface area contributed by atoms with Crippen molar-refractivity contribution in [3.63, 3.8) is 0 Å². The number of hydrogen-bond donors (Lipinski definition) is 2. The molecule has 0 aromatic heterocycles. The molecule has 0 aliphatic carbocycles. The van der Waals surface area contributed by atoms with Crippen molar-refractivity contribution in [3.8, 4) is 28.7 Å². The van der Waals surface area contributed by atoms with Crippen LogP contribution in [-0.2, 0) is 13.0 Å². The summed E-state index contributed by atoms with van der Waals surface area (Å²) in [4.78, 5) is 4.17. The molecule has 0 saturated carbocycles. The second-order valence-corrected chi connectivity index (χ2v) is 6.47. The molecule has 1 aliphatic rings. The number of ether oxygens (including phenoxy) is 5. The summed E-state index contributed by atoms with van der Waals surface area (Å²) >= 11 is 0. The summed E-state index contributed by atoms with van der Waals surface area (Å²) in [5, 5.41) is 6.28. The molecule has 8 nitrogen and oxygen atoms in total. The number of nitrogens with one attached hydrogen (secondary N) is 2. The maximum absolute atomic E-state index is 12.8. The van der Waals surface area contributed by atoms with Crippen molar-refractivity contribution in [2.24, 2.45) is 4.99 Å². The van der Waals surface area contributed by atoms with Gasteiger partial charge in [-0.05, 0) is 36.2 Å². The number of rotatable bonds is 9. The van der Waals surface area contributed by atoms with Gasteiger partial charge < -0.3 is 34.3 Å². The number of methoxy groups -OCH3 is 2. The number of fused-ring (bicyclic) bond motifs is 1. The van der Waals surface area contributed by atoms with E-state index in [0.29, 0.717) is 36.0 Å². The van der Waals surface area contributed by atoms with E-state index in [4.69, 9.17) is 18.9 Å². The van der Waals surface area contributed by atoms with Crippen LogP contribution in [0.15, 0.2) is 35.3 Å². The maximum Gasteiger partial charge on any atom is 0.387 e. The molecule has 0 bridgehead atoms. The topological polar surface area (TPSA) is 82.6 Å². The van der Waals surface area contributed by atoms with Gasteiger partial charge in [-0.1, -0.05) is 0 Å². The summed E-state index contributed by atoms with van der Waals surface area (Å²) in [6, 6.07) is 8.61. The molecular formula is C21H26F2IN3O5. The molecule has 176 valence electrons. The molecule has 0 radical (unpaired) electrons. The molecule has 0 spiro atoms. The van der Waals surface area contributed by atoms with E-state index in [1.54, 1.807) is 27.3 Å².